The van der Waals surface area contributed by atoms with E-state index in [-0.39, 0.29) is 34.4 Å². The molecule has 0 bridgehead atoms. The zero-order valence-corrected chi connectivity index (χ0v) is 16.7. The third-order valence-electron chi connectivity index (χ3n) is 4.83. The van der Waals surface area contributed by atoms with Crippen molar-refractivity contribution < 1.29 is 14.3 Å². The van der Waals surface area contributed by atoms with Gasteiger partial charge >= 0.3 is 6.16 Å². The van der Waals surface area contributed by atoms with Crippen molar-refractivity contribution in [2.75, 3.05) is 0 Å². The van der Waals surface area contributed by atoms with Gasteiger partial charge in [-0.25, -0.2) is 4.79 Å². The lowest BCUT2D eigenvalue weighted by molar-refractivity contribution is -0.0533. The van der Waals surface area contributed by atoms with Crippen LogP contribution in [0.4, 0.5) is 4.79 Å². The Morgan fingerprint density at radius 1 is 0.667 bits per heavy atom. The van der Waals surface area contributed by atoms with Crippen molar-refractivity contribution in [2.24, 2.45) is 0 Å². The molecule has 2 N–H and O–H groups in total. The Hall–Kier alpha value is -0.810. The van der Waals surface area contributed by atoms with E-state index in [9.17, 15) is 4.79 Å². The van der Waals surface area contributed by atoms with E-state index in [1.54, 1.807) is 0 Å². The van der Waals surface area contributed by atoms with Crippen LogP contribution in [0.3, 0.4) is 0 Å². The summed E-state index contributed by atoms with van der Waals surface area (Å²) < 4.78 is 11.4. The van der Waals surface area contributed by atoms with Crippen molar-refractivity contribution >= 4 is 6.16 Å². The Morgan fingerprint density at radius 2 is 0.917 bits per heavy atom. The fourth-order valence-corrected chi connectivity index (χ4v) is 4.92. The monoisotopic (exact) mass is 340 g/mol. The standard InChI is InChI=1S/C19H36N2O3/c1-16(2)9-13(10-17(3,4)20-16)23-15(22)24-14-11-18(5,6)21-19(7,8)12-14/h13-14,20-21H,9-12H2,1-8H3. The highest BCUT2D eigenvalue weighted by molar-refractivity contribution is 5.60. The topological polar surface area (TPSA) is 59.6 Å². The van der Waals surface area contributed by atoms with Crippen LogP contribution in [0.1, 0.15) is 81.1 Å². The Balaban J connectivity index is 1.93. The molecule has 5 nitrogen and oxygen atoms in total. The molecule has 0 saturated carbocycles. The van der Waals surface area contributed by atoms with Crippen LogP contribution in [0.15, 0.2) is 0 Å². The van der Waals surface area contributed by atoms with Gasteiger partial charge in [-0.15, -0.1) is 0 Å². The summed E-state index contributed by atoms with van der Waals surface area (Å²) in [7, 11) is 0. The van der Waals surface area contributed by atoms with Crippen LogP contribution in [-0.2, 0) is 9.47 Å². The molecule has 140 valence electrons. The van der Waals surface area contributed by atoms with Crippen molar-refractivity contribution in [3.8, 4) is 0 Å². The van der Waals surface area contributed by atoms with Crippen molar-refractivity contribution in [3.05, 3.63) is 0 Å². The van der Waals surface area contributed by atoms with Crippen LogP contribution >= 0.6 is 0 Å². The minimum atomic E-state index is -0.521. The lowest BCUT2D eigenvalue weighted by atomic mass is 9.81. The highest BCUT2D eigenvalue weighted by atomic mass is 16.7. The Kier molecular flexibility index (Phi) is 5.02. The van der Waals surface area contributed by atoms with E-state index in [0.29, 0.717) is 0 Å². The molecule has 0 amide bonds. The van der Waals surface area contributed by atoms with Crippen molar-refractivity contribution in [3.63, 3.8) is 0 Å². The molecule has 2 aliphatic heterocycles. The first kappa shape index (κ1) is 19.5. The van der Waals surface area contributed by atoms with Gasteiger partial charge < -0.3 is 20.1 Å². The van der Waals surface area contributed by atoms with Crippen molar-refractivity contribution in [1.29, 1.82) is 0 Å². The number of hydrogen-bond acceptors (Lipinski definition) is 5. The molecule has 2 rings (SSSR count). The number of piperidine rings is 2. The van der Waals surface area contributed by atoms with Crippen LogP contribution in [0.25, 0.3) is 0 Å². The summed E-state index contributed by atoms with van der Waals surface area (Å²) in [5, 5.41) is 7.20. The van der Waals surface area contributed by atoms with Crippen molar-refractivity contribution in [2.45, 2.75) is 115 Å². The minimum Gasteiger partial charge on any atom is -0.431 e. The van der Waals surface area contributed by atoms with E-state index in [4.69, 9.17) is 9.47 Å². The van der Waals surface area contributed by atoms with Gasteiger partial charge in [0.1, 0.15) is 12.2 Å². The number of rotatable bonds is 2. The minimum absolute atomic E-state index is 0.0502. The first-order chi connectivity index (χ1) is 10.7. The molecule has 2 aliphatic rings. The van der Waals surface area contributed by atoms with E-state index in [1.807, 2.05) is 0 Å². The molecule has 0 radical (unpaired) electrons. The molecule has 2 fully saturated rings. The molecule has 0 atom stereocenters. The maximum absolute atomic E-state index is 12.3. The van der Waals surface area contributed by atoms with Crippen LogP contribution in [0, 0.1) is 0 Å². The van der Waals surface area contributed by atoms with Gasteiger partial charge in [0.25, 0.3) is 0 Å². The number of carbonyl (C=O) groups is 1. The second kappa shape index (κ2) is 6.17. The maximum atomic E-state index is 12.3. The number of carbonyl (C=O) groups excluding carboxylic acids is 1. The molecular weight excluding hydrogens is 304 g/mol. The summed E-state index contributed by atoms with van der Waals surface area (Å²) in [5.41, 5.74) is -0.201. The predicted octanol–water partition coefficient (Wildman–Crippen LogP) is 3.76. The number of nitrogens with one attached hydrogen (secondary N) is 2. The summed E-state index contributed by atoms with van der Waals surface area (Å²) in [5.74, 6) is 0. The third kappa shape index (κ3) is 5.62. The lowest BCUT2D eigenvalue weighted by Crippen LogP contribution is -2.60. The molecule has 5 heteroatoms. The fourth-order valence-electron chi connectivity index (χ4n) is 4.92. The first-order valence-electron chi connectivity index (χ1n) is 9.13. The second-order valence-electron chi connectivity index (χ2n) is 10.3. The van der Waals surface area contributed by atoms with Gasteiger partial charge in [0, 0.05) is 47.8 Å². The first-order valence-corrected chi connectivity index (χ1v) is 9.13. The smallest absolute Gasteiger partial charge is 0.431 e. The van der Waals surface area contributed by atoms with E-state index >= 15 is 0 Å². The van der Waals surface area contributed by atoms with Gasteiger partial charge in [-0.05, 0) is 55.4 Å². The van der Waals surface area contributed by atoms with E-state index in [0.717, 1.165) is 25.7 Å². The molecule has 0 unspecified atom stereocenters. The normalized spacial score (nSPS) is 29.0. The number of hydrogen-bond donors (Lipinski definition) is 2. The van der Waals surface area contributed by atoms with Gasteiger partial charge in [0.15, 0.2) is 0 Å². The Bertz CT molecular complexity index is 409. The van der Waals surface area contributed by atoms with Gasteiger partial charge in [-0.3, -0.25) is 0 Å². The average Bonchev–Trinajstić information content (AvgIpc) is 2.17. The second-order valence-corrected chi connectivity index (χ2v) is 10.3. The number of ether oxygens (including phenoxy) is 2. The Morgan fingerprint density at radius 3 is 1.17 bits per heavy atom. The molecule has 24 heavy (non-hydrogen) atoms. The average molecular weight is 341 g/mol. The van der Waals surface area contributed by atoms with E-state index < -0.39 is 6.16 Å². The maximum Gasteiger partial charge on any atom is 0.508 e. The summed E-state index contributed by atoms with van der Waals surface area (Å²) in [6.07, 6.45) is 2.47. The summed E-state index contributed by atoms with van der Waals surface area (Å²) in [6, 6.07) is 0. The van der Waals surface area contributed by atoms with Gasteiger partial charge in [0.2, 0.25) is 0 Å². The fraction of sp³-hybridized carbons (Fsp3) is 0.947. The SMILES string of the molecule is CC1(C)CC(OC(=O)OC2CC(C)(C)NC(C)(C)C2)CC(C)(C)N1. The van der Waals surface area contributed by atoms with Crippen LogP contribution in [0.5, 0.6) is 0 Å². The van der Waals surface area contributed by atoms with Gasteiger partial charge in [-0.2, -0.15) is 0 Å². The zero-order chi connectivity index (χ0) is 18.4. The zero-order valence-electron chi connectivity index (χ0n) is 16.7. The lowest BCUT2D eigenvalue weighted by Gasteiger charge is -2.46. The van der Waals surface area contributed by atoms with Gasteiger partial charge in [-0.1, -0.05) is 0 Å². The predicted molar refractivity (Wildman–Crippen MR) is 96.2 cm³/mol. The summed E-state index contributed by atoms with van der Waals surface area (Å²) >= 11 is 0. The third-order valence-corrected chi connectivity index (χ3v) is 4.83. The molecular formula is C19H36N2O3. The molecule has 2 saturated heterocycles. The molecule has 0 aromatic heterocycles. The van der Waals surface area contributed by atoms with E-state index in [1.165, 1.54) is 0 Å². The van der Waals surface area contributed by atoms with E-state index in [2.05, 4.69) is 66.0 Å². The summed E-state index contributed by atoms with van der Waals surface area (Å²) in [6.45, 7) is 17.2. The quantitative estimate of drug-likeness (QED) is 0.750. The van der Waals surface area contributed by atoms with Gasteiger partial charge in [0.05, 0.1) is 0 Å². The molecule has 0 aromatic rings. The molecule has 2 heterocycles. The van der Waals surface area contributed by atoms with Crippen LogP contribution < -0.4 is 10.6 Å². The molecule has 0 aliphatic carbocycles. The highest BCUT2D eigenvalue weighted by Crippen LogP contribution is 2.33. The van der Waals surface area contributed by atoms with Crippen LogP contribution in [0.2, 0.25) is 0 Å². The largest absolute Gasteiger partial charge is 0.508 e. The van der Waals surface area contributed by atoms with Crippen molar-refractivity contribution in [1.82, 2.24) is 10.6 Å². The molecule has 0 aromatic carbocycles. The molecule has 0 spiro atoms. The van der Waals surface area contributed by atoms with Crippen LogP contribution in [-0.4, -0.2) is 40.5 Å². The highest BCUT2D eigenvalue weighted by Gasteiger charge is 2.42. The summed E-state index contributed by atoms with van der Waals surface area (Å²) in [4.78, 5) is 12.3. The Labute approximate surface area is 147 Å².